The van der Waals surface area contributed by atoms with Crippen molar-refractivity contribution in [2.45, 2.75) is 33.0 Å². The van der Waals surface area contributed by atoms with Gasteiger partial charge in [-0.1, -0.05) is 12.1 Å². The number of para-hydroxylation sites is 2. The molecule has 0 aliphatic carbocycles. The van der Waals surface area contributed by atoms with Crippen LogP contribution < -0.4 is 4.74 Å². The molecule has 104 valence electrons. The smallest absolute Gasteiger partial charge is 0.359 e. The number of benzene rings is 1. The second-order valence-electron chi connectivity index (χ2n) is 5.67. The van der Waals surface area contributed by atoms with Gasteiger partial charge in [0.25, 0.3) is 0 Å². The van der Waals surface area contributed by atoms with Crippen LogP contribution in [-0.4, -0.2) is 21.1 Å². The summed E-state index contributed by atoms with van der Waals surface area (Å²) < 4.78 is 12.9. The van der Waals surface area contributed by atoms with Gasteiger partial charge in [-0.3, -0.25) is 4.57 Å². The van der Waals surface area contributed by atoms with Crippen LogP contribution in [0.1, 0.15) is 37.0 Å². The number of carbonyl (C=O) groups excluding carboxylic acids is 1. The first-order chi connectivity index (χ1) is 9.46. The lowest BCUT2D eigenvalue weighted by molar-refractivity contribution is 0.00603. The molecule has 1 aliphatic rings. The molecule has 5 nitrogen and oxygen atoms in total. The molecule has 0 saturated carbocycles. The Labute approximate surface area is 117 Å². The summed E-state index contributed by atoms with van der Waals surface area (Å²) in [5, 5.41) is 0. The fraction of sp³-hybridized carbons (Fsp3) is 0.333. The molecular weight excluding hydrogens is 256 g/mol. The van der Waals surface area contributed by atoms with E-state index in [4.69, 9.17) is 9.47 Å². The van der Waals surface area contributed by atoms with Crippen molar-refractivity contribution in [1.29, 1.82) is 0 Å². The predicted molar refractivity (Wildman–Crippen MR) is 73.1 cm³/mol. The minimum Gasteiger partial charge on any atom is -0.485 e. The molecule has 1 aromatic heterocycles. The van der Waals surface area contributed by atoms with Gasteiger partial charge in [-0.15, -0.1) is 0 Å². The van der Waals surface area contributed by atoms with Gasteiger partial charge in [-0.25, -0.2) is 9.78 Å². The van der Waals surface area contributed by atoms with Gasteiger partial charge in [-0.05, 0) is 32.9 Å². The molecule has 2 aromatic rings. The van der Waals surface area contributed by atoms with E-state index in [1.807, 2.05) is 49.6 Å². The summed E-state index contributed by atoms with van der Waals surface area (Å²) in [4.78, 5) is 16.3. The van der Waals surface area contributed by atoms with Gasteiger partial charge < -0.3 is 9.47 Å². The van der Waals surface area contributed by atoms with Gasteiger partial charge in [0, 0.05) is 0 Å². The predicted octanol–water partition coefficient (Wildman–Crippen LogP) is 2.72. The molecule has 1 aromatic carbocycles. The van der Waals surface area contributed by atoms with Crippen LogP contribution in [0, 0.1) is 0 Å². The van der Waals surface area contributed by atoms with E-state index in [1.165, 1.54) is 0 Å². The Morgan fingerprint density at radius 2 is 2.10 bits per heavy atom. The maximum absolute atomic E-state index is 12.2. The Kier molecular flexibility index (Phi) is 2.78. The Hall–Kier alpha value is -2.30. The fourth-order valence-electron chi connectivity index (χ4n) is 2.14. The summed E-state index contributed by atoms with van der Waals surface area (Å²) in [6.07, 6.45) is 1.63. The van der Waals surface area contributed by atoms with Crippen LogP contribution in [0.25, 0.3) is 5.69 Å². The van der Waals surface area contributed by atoms with Crippen LogP contribution in [0.5, 0.6) is 5.75 Å². The third kappa shape index (κ3) is 2.15. The van der Waals surface area contributed by atoms with Crippen molar-refractivity contribution in [2.24, 2.45) is 0 Å². The maximum Gasteiger partial charge on any atom is 0.359 e. The monoisotopic (exact) mass is 272 g/mol. The number of ether oxygens (including phenoxy) is 2. The summed E-state index contributed by atoms with van der Waals surface area (Å²) in [5.41, 5.74) is 1.38. The SMILES string of the molecule is CC(C)(C)OC(=O)c1ncn2c1COc1ccccc1-2. The lowest BCUT2D eigenvalue weighted by Gasteiger charge is -2.22. The summed E-state index contributed by atoms with van der Waals surface area (Å²) in [6.45, 7) is 5.81. The van der Waals surface area contributed by atoms with Crippen LogP contribution >= 0.6 is 0 Å². The average Bonchev–Trinajstić information content (AvgIpc) is 2.81. The zero-order valence-corrected chi connectivity index (χ0v) is 11.7. The number of imidazole rings is 1. The molecule has 0 amide bonds. The molecule has 3 rings (SSSR count). The van der Waals surface area contributed by atoms with Crippen molar-refractivity contribution in [3.05, 3.63) is 42.0 Å². The third-order valence-corrected chi connectivity index (χ3v) is 2.95. The largest absolute Gasteiger partial charge is 0.485 e. The summed E-state index contributed by atoms with van der Waals surface area (Å²) in [5.74, 6) is 0.363. The quantitative estimate of drug-likeness (QED) is 0.749. The third-order valence-electron chi connectivity index (χ3n) is 2.95. The van der Waals surface area contributed by atoms with E-state index in [-0.39, 0.29) is 0 Å². The standard InChI is InChI=1S/C15H16N2O3/c1-15(2,3)20-14(18)13-11-8-19-12-7-5-4-6-10(12)17(11)9-16-13/h4-7,9H,8H2,1-3H3. The maximum atomic E-state index is 12.2. The number of hydrogen-bond donors (Lipinski definition) is 0. The number of fused-ring (bicyclic) bond motifs is 3. The van der Waals surface area contributed by atoms with Crippen LogP contribution in [0.4, 0.5) is 0 Å². The first kappa shape index (κ1) is 12.7. The van der Waals surface area contributed by atoms with Crippen LogP contribution in [0.15, 0.2) is 30.6 Å². The van der Waals surface area contributed by atoms with Crippen molar-refractivity contribution in [2.75, 3.05) is 0 Å². The average molecular weight is 272 g/mol. The molecule has 0 fully saturated rings. The molecule has 0 saturated heterocycles. The first-order valence-corrected chi connectivity index (χ1v) is 6.47. The van der Waals surface area contributed by atoms with E-state index in [0.717, 1.165) is 17.1 Å². The summed E-state index contributed by atoms with van der Waals surface area (Å²) in [6, 6.07) is 7.66. The highest BCUT2D eigenvalue weighted by Gasteiger charge is 2.27. The van der Waals surface area contributed by atoms with Gasteiger partial charge in [0.2, 0.25) is 0 Å². The summed E-state index contributed by atoms with van der Waals surface area (Å²) >= 11 is 0. The van der Waals surface area contributed by atoms with E-state index >= 15 is 0 Å². The Bertz CT molecular complexity index is 668. The van der Waals surface area contributed by atoms with Crippen molar-refractivity contribution in [3.63, 3.8) is 0 Å². The normalized spacial score (nSPS) is 13.2. The van der Waals surface area contributed by atoms with Gasteiger partial charge in [-0.2, -0.15) is 0 Å². The molecular formula is C15H16N2O3. The van der Waals surface area contributed by atoms with E-state index in [2.05, 4.69) is 4.98 Å². The molecule has 0 radical (unpaired) electrons. The highest BCUT2D eigenvalue weighted by molar-refractivity contribution is 5.89. The van der Waals surface area contributed by atoms with Gasteiger partial charge >= 0.3 is 5.97 Å². The molecule has 0 unspecified atom stereocenters. The van der Waals surface area contributed by atoms with Gasteiger partial charge in [0.1, 0.15) is 24.3 Å². The van der Waals surface area contributed by atoms with E-state index < -0.39 is 11.6 Å². The molecule has 0 bridgehead atoms. The molecule has 20 heavy (non-hydrogen) atoms. The number of rotatable bonds is 1. The molecule has 0 N–H and O–H groups in total. The van der Waals surface area contributed by atoms with Gasteiger partial charge in [0.15, 0.2) is 5.69 Å². The molecule has 5 heteroatoms. The van der Waals surface area contributed by atoms with Crippen molar-refractivity contribution < 1.29 is 14.3 Å². The van der Waals surface area contributed by atoms with Gasteiger partial charge in [0.05, 0.1) is 11.4 Å². The lowest BCUT2D eigenvalue weighted by Crippen LogP contribution is -2.25. The highest BCUT2D eigenvalue weighted by atomic mass is 16.6. The minimum absolute atomic E-state index is 0.311. The Balaban J connectivity index is 2.00. The van der Waals surface area contributed by atoms with E-state index in [0.29, 0.717) is 12.3 Å². The van der Waals surface area contributed by atoms with Crippen molar-refractivity contribution in [3.8, 4) is 11.4 Å². The zero-order chi connectivity index (χ0) is 14.3. The van der Waals surface area contributed by atoms with E-state index in [9.17, 15) is 4.79 Å². The minimum atomic E-state index is -0.541. The molecule has 0 spiro atoms. The number of hydrogen-bond acceptors (Lipinski definition) is 4. The summed E-state index contributed by atoms with van der Waals surface area (Å²) in [7, 11) is 0. The second kappa shape index (κ2) is 4.37. The van der Waals surface area contributed by atoms with Crippen LogP contribution in [-0.2, 0) is 11.3 Å². The number of aromatic nitrogens is 2. The number of nitrogens with zero attached hydrogens (tertiary/aromatic N) is 2. The zero-order valence-electron chi connectivity index (χ0n) is 11.7. The topological polar surface area (TPSA) is 53.3 Å². The first-order valence-electron chi connectivity index (χ1n) is 6.47. The molecule has 2 heterocycles. The molecule has 0 atom stereocenters. The number of esters is 1. The van der Waals surface area contributed by atoms with Crippen LogP contribution in [0.3, 0.4) is 0 Å². The van der Waals surface area contributed by atoms with Crippen LogP contribution in [0.2, 0.25) is 0 Å². The number of carbonyl (C=O) groups is 1. The lowest BCUT2D eigenvalue weighted by atomic mass is 10.2. The molecule has 1 aliphatic heterocycles. The highest BCUT2D eigenvalue weighted by Crippen LogP contribution is 2.30. The van der Waals surface area contributed by atoms with E-state index in [1.54, 1.807) is 6.33 Å². The van der Waals surface area contributed by atoms with Crippen molar-refractivity contribution in [1.82, 2.24) is 9.55 Å². The fourth-order valence-corrected chi connectivity index (χ4v) is 2.14. The Morgan fingerprint density at radius 1 is 1.35 bits per heavy atom. The second-order valence-corrected chi connectivity index (χ2v) is 5.67. The Morgan fingerprint density at radius 3 is 2.85 bits per heavy atom. The van der Waals surface area contributed by atoms with Crippen molar-refractivity contribution >= 4 is 5.97 Å².